The second-order valence-corrected chi connectivity index (χ2v) is 7.99. The first kappa shape index (κ1) is 15.7. The molecule has 0 saturated carbocycles. The molecule has 6 heteroatoms. The summed E-state index contributed by atoms with van der Waals surface area (Å²) in [6.45, 7) is 0.789. The van der Waals surface area contributed by atoms with Crippen molar-refractivity contribution in [1.29, 1.82) is 0 Å². The lowest BCUT2D eigenvalue weighted by atomic mass is 10.1. The van der Waals surface area contributed by atoms with Crippen LogP contribution in [-0.2, 0) is 4.79 Å². The minimum absolute atomic E-state index is 0.0168. The minimum Gasteiger partial charge on any atom is -0.332 e. The highest BCUT2D eigenvalue weighted by Gasteiger charge is 2.31. The molecule has 0 aliphatic carbocycles. The number of nitrogens with one attached hydrogen (secondary N) is 1. The molecule has 1 aromatic carbocycles. The van der Waals surface area contributed by atoms with Crippen molar-refractivity contribution in [3.8, 4) is 0 Å². The lowest BCUT2D eigenvalue weighted by Crippen LogP contribution is -2.30. The maximum absolute atomic E-state index is 13.0. The summed E-state index contributed by atoms with van der Waals surface area (Å²) in [5.74, 6) is 0.844. The Labute approximate surface area is 149 Å². The van der Waals surface area contributed by atoms with Gasteiger partial charge < -0.3 is 10.2 Å². The SMILES string of the molecule is O=C1CCSc2ccc(C(=O)N3CCC[C@@H]3c3ccsc3)cc2N1. The number of anilines is 1. The molecule has 124 valence electrons. The van der Waals surface area contributed by atoms with Gasteiger partial charge in [-0.2, -0.15) is 11.3 Å². The van der Waals surface area contributed by atoms with Gasteiger partial charge in [0, 0.05) is 29.2 Å². The highest BCUT2D eigenvalue weighted by molar-refractivity contribution is 7.99. The topological polar surface area (TPSA) is 49.4 Å². The molecule has 24 heavy (non-hydrogen) atoms. The van der Waals surface area contributed by atoms with E-state index >= 15 is 0 Å². The number of carbonyl (C=O) groups is 2. The van der Waals surface area contributed by atoms with E-state index in [4.69, 9.17) is 0 Å². The van der Waals surface area contributed by atoms with E-state index in [0.717, 1.165) is 35.7 Å². The molecule has 1 saturated heterocycles. The molecule has 1 aromatic heterocycles. The van der Waals surface area contributed by atoms with Gasteiger partial charge in [0.1, 0.15) is 0 Å². The number of fused-ring (bicyclic) bond motifs is 1. The molecule has 3 heterocycles. The number of rotatable bonds is 2. The Morgan fingerprint density at radius 2 is 2.21 bits per heavy atom. The first-order valence-corrected chi connectivity index (χ1v) is 10.0. The van der Waals surface area contributed by atoms with Crippen molar-refractivity contribution in [1.82, 2.24) is 4.90 Å². The van der Waals surface area contributed by atoms with Gasteiger partial charge in [0.2, 0.25) is 5.91 Å². The van der Waals surface area contributed by atoms with E-state index in [9.17, 15) is 9.59 Å². The Morgan fingerprint density at radius 1 is 1.29 bits per heavy atom. The molecule has 0 unspecified atom stereocenters. The molecule has 1 N–H and O–H groups in total. The van der Waals surface area contributed by atoms with Crippen molar-refractivity contribution in [2.24, 2.45) is 0 Å². The molecule has 2 amide bonds. The van der Waals surface area contributed by atoms with E-state index in [1.165, 1.54) is 5.56 Å². The molecule has 4 nitrogen and oxygen atoms in total. The third kappa shape index (κ3) is 2.96. The number of hydrogen-bond donors (Lipinski definition) is 1. The van der Waals surface area contributed by atoms with E-state index in [2.05, 4.69) is 22.1 Å². The third-order valence-corrected chi connectivity index (χ3v) is 6.31. The molecule has 2 aliphatic rings. The first-order chi connectivity index (χ1) is 11.7. The van der Waals surface area contributed by atoms with Crippen LogP contribution in [0, 0.1) is 0 Å². The van der Waals surface area contributed by atoms with Gasteiger partial charge in [-0.25, -0.2) is 0 Å². The summed E-state index contributed by atoms with van der Waals surface area (Å²) in [4.78, 5) is 27.8. The van der Waals surface area contributed by atoms with Crippen molar-refractivity contribution in [3.63, 3.8) is 0 Å². The highest BCUT2D eigenvalue weighted by atomic mass is 32.2. The van der Waals surface area contributed by atoms with Crippen LogP contribution in [0.5, 0.6) is 0 Å². The van der Waals surface area contributed by atoms with Gasteiger partial charge in [-0.15, -0.1) is 11.8 Å². The fourth-order valence-corrected chi connectivity index (χ4v) is 4.98. The van der Waals surface area contributed by atoms with Gasteiger partial charge >= 0.3 is 0 Å². The molecule has 2 aromatic rings. The predicted molar refractivity (Wildman–Crippen MR) is 97.7 cm³/mol. The van der Waals surface area contributed by atoms with E-state index in [1.807, 2.05) is 23.1 Å². The standard InChI is InChI=1S/C18H18N2O2S2/c21-17-6-9-24-16-4-3-12(10-14(16)19-17)18(22)20-7-1-2-15(20)13-5-8-23-11-13/h3-5,8,10-11,15H,1-2,6-7,9H2,(H,19,21)/t15-/m1/s1. The van der Waals surface area contributed by atoms with Crippen LogP contribution in [0.1, 0.15) is 41.2 Å². The quantitative estimate of drug-likeness (QED) is 0.877. The van der Waals surface area contributed by atoms with Crippen molar-refractivity contribution >= 4 is 40.6 Å². The van der Waals surface area contributed by atoms with E-state index in [1.54, 1.807) is 23.1 Å². The summed E-state index contributed by atoms with van der Waals surface area (Å²) in [6, 6.07) is 7.95. The van der Waals surface area contributed by atoms with Gasteiger partial charge in [0.15, 0.2) is 0 Å². The van der Waals surface area contributed by atoms with Crippen LogP contribution < -0.4 is 5.32 Å². The Kier molecular flexibility index (Phi) is 4.33. The predicted octanol–water partition coefficient (Wildman–Crippen LogP) is 4.16. The molecule has 4 rings (SSSR count). The average Bonchev–Trinajstić information content (AvgIpc) is 3.22. The van der Waals surface area contributed by atoms with Crippen molar-refractivity contribution in [2.75, 3.05) is 17.6 Å². The second-order valence-electron chi connectivity index (χ2n) is 6.07. The maximum atomic E-state index is 13.0. The van der Waals surface area contributed by atoms with Gasteiger partial charge in [-0.05, 0) is 53.4 Å². The van der Waals surface area contributed by atoms with Crippen molar-refractivity contribution < 1.29 is 9.59 Å². The van der Waals surface area contributed by atoms with Crippen molar-refractivity contribution in [3.05, 3.63) is 46.2 Å². The summed E-state index contributed by atoms with van der Waals surface area (Å²) in [5.41, 5.74) is 2.64. The molecule has 1 atom stereocenters. The number of benzene rings is 1. The van der Waals surface area contributed by atoms with Crippen LogP contribution in [0.25, 0.3) is 0 Å². The van der Waals surface area contributed by atoms with E-state index in [-0.39, 0.29) is 17.9 Å². The second kappa shape index (κ2) is 6.61. The summed E-state index contributed by atoms with van der Waals surface area (Å²) in [6.07, 6.45) is 2.55. The van der Waals surface area contributed by atoms with Gasteiger partial charge in [0.25, 0.3) is 5.91 Å². The zero-order chi connectivity index (χ0) is 16.5. The number of amides is 2. The third-order valence-electron chi connectivity index (χ3n) is 4.53. The first-order valence-electron chi connectivity index (χ1n) is 8.12. The number of thiophene rings is 1. The van der Waals surface area contributed by atoms with Gasteiger partial charge in [-0.3, -0.25) is 9.59 Å². The van der Waals surface area contributed by atoms with Crippen LogP contribution in [0.15, 0.2) is 39.9 Å². The fraction of sp³-hybridized carbons (Fsp3) is 0.333. The molecule has 1 fully saturated rings. The molecule has 2 aliphatic heterocycles. The maximum Gasteiger partial charge on any atom is 0.254 e. The Hall–Kier alpha value is -1.79. The number of carbonyl (C=O) groups excluding carboxylic acids is 2. The summed E-state index contributed by atoms with van der Waals surface area (Å²) < 4.78 is 0. The molecule has 0 bridgehead atoms. The van der Waals surface area contributed by atoms with E-state index < -0.39 is 0 Å². The zero-order valence-electron chi connectivity index (χ0n) is 13.2. The Balaban J connectivity index is 1.61. The highest BCUT2D eigenvalue weighted by Crippen LogP contribution is 2.36. The number of nitrogens with zero attached hydrogens (tertiary/aromatic N) is 1. The number of thioether (sulfide) groups is 1. The minimum atomic E-state index is 0.0168. The molecule has 0 spiro atoms. The monoisotopic (exact) mass is 358 g/mol. The zero-order valence-corrected chi connectivity index (χ0v) is 14.8. The lowest BCUT2D eigenvalue weighted by molar-refractivity contribution is -0.115. The molecular weight excluding hydrogens is 340 g/mol. The van der Waals surface area contributed by atoms with Crippen LogP contribution in [0.3, 0.4) is 0 Å². The van der Waals surface area contributed by atoms with Crippen molar-refractivity contribution in [2.45, 2.75) is 30.2 Å². The average molecular weight is 358 g/mol. The van der Waals surface area contributed by atoms with Gasteiger partial charge in [-0.1, -0.05) is 0 Å². The smallest absolute Gasteiger partial charge is 0.254 e. The van der Waals surface area contributed by atoms with Crippen LogP contribution in [0.4, 0.5) is 5.69 Å². The van der Waals surface area contributed by atoms with Crippen LogP contribution in [-0.4, -0.2) is 29.0 Å². The summed E-state index contributed by atoms with van der Waals surface area (Å²) in [7, 11) is 0. The largest absolute Gasteiger partial charge is 0.332 e. The van der Waals surface area contributed by atoms with Crippen LogP contribution >= 0.6 is 23.1 Å². The lowest BCUT2D eigenvalue weighted by Gasteiger charge is -2.24. The normalized spacial score (nSPS) is 20.4. The van der Waals surface area contributed by atoms with Gasteiger partial charge in [0.05, 0.1) is 11.7 Å². The molecule has 0 radical (unpaired) electrons. The number of hydrogen-bond acceptors (Lipinski definition) is 4. The summed E-state index contributed by atoms with van der Waals surface area (Å²) in [5, 5.41) is 7.11. The Bertz CT molecular complexity index is 773. The van der Waals surface area contributed by atoms with Crippen LogP contribution in [0.2, 0.25) is 0 Å². The van der Waals surface area contributed by atoms with E-state index in [0.29, 0.717) is 12.0 Å². The summed E-state index contributed by atoms with van der Waals surface area (Å²) >= 11 is 3.33. The number of likely N-dealkylation sites (tertiary alicyclic amines) is 1. The Morgan fingerprint density at radius 3 is 3.04 bits per heavy atom. The molecular formula is C18H18N2O2S2. The fourth-order valence-electron chi connectivity index (χ4n) is 3.34.